The largest absolute Gasteiger partial charge is 0.495 e. The molecule has 0 saturated heterocycles. The highest BCUT2D eigenvalue weighted by Crippen LogP contribution is 2.27. The highest BCUT2D eigenvalue weighted by atomic mass is 35.5. The minimum Gasteiger partial charge on any atom is -0.495 e. The molecule has 3 rings (SSSR count). The van der Waals surface area contributed by atoms with Crippen molar-refractivity contribution in [3.05, 3.63) is 63.9 Å². The van der Waals surface area contributed by atoms with Crippen molar-refractivity contribution in [2.24, 2.45) is 0 Å². The van der Waals surface area contributed by atoms with Crippen LogP contribution in [-0.4, -0.2) is 11.7 Å². The quantitative estimate of drug-likeness (QED) is 0.790. The molecule has 1 aromatic heterocycles. The number of nitrogens with two attached hydrogens (primary N) is 1. The Morgan fingerprint density at radius 1 is 1.14 bits per heavy atom. The first kappa shape index (κ1) is 13.5. The summed E-state index contributed by atoms with van der Waals surface area (Å²) < 4.78 is 6.63. The second-order valence-corrected chi connectivity index (χ2v) is 5.02. The minimum absolute atomic E-state index is 0.171. The molecule has 1 heterocycles. The fourth-order valence-corrected chi connectivity index (χ4v) is 2.53. The molecular formula is C16H13ClN2O2. The Morgan fingerprint density at radius 2 is 1.90 bits per heavy atom. The first-order valence-corrected chi connectivity index (χ1v) is 6.74. The molecule has 4 nitrogen and oxygen atoms in total. The fraction of sp³-hybridized carbons (Fsp3) is 0.0625. The van der Waals surface area contributed by atoms with Gasteiger partial charge in [-0.05, 0) is 29.7 Å². The monoisotopic (exact) mass is 300 g/mol. The van der Waals surface area contributed by atoms with Gasteiger partial charge in [-0.3, -0.25) is 9.36 Å². The summed E-state index contributed by atoms with van der Waals surface area (Å²) in [6.07, 6.45) is 0. The van der Waals surface area contributed by atoms with Crippen LogP contribution in [0.15, 0.2) is 53.3 Å². The van der Waals surface area contributed by atoms with Gasteiger partial charge in [0.05, 0.1) is 17.8 Å². The van der Waals surface area contributed by atoms with E-state index in [9.17, 15) is 4.79 Å². The van der Waals surface area contributed by atoms with Crippen molar-refractivity contribution in [2.45, 2.75) is 0 Å². The van der Waals surface area contributed by atoms with Crippen molar-refractivity contribution in [2.75, 3.05) is 12.8 Å². The lowest BCUT2D eigenvalue weighted by Gasteiger charge is -2.13. The van der Waals surface area contributed by atoms with Crippen molar-refractivity contribution in [1.82, 2.24) is 4.57 Å². The maximum atomic E-state index is 12.6. The molecule has 0 aliphatic rings. The molecular weight excluding hydrogens is 288 g/mol. The molecule has 5 heteroatoms. The first-order valence-electron chi connectivity index (χ1n) is 6.36. The molecule has 0 fully saturated rings. The number of rotatable bonds is 2. The van der Waals surface area contributed by atoms with E-state index in [1.807, 2.05) is 18.2 Å². The second-order valence-electron chi connectivity index (χ2n) is 4.62. The van der Waals surface area contributed by atoms with Crippen molar-refractivity contribution >= 4 is 28.2 Å². The number of hydrogen-bond donors (Lipinski definition) is 1. The number of fused-ring (bicyclic) bond motifs is 1. The van der Waals surface area contributed by atoms with Crippen molar-refractivity contribution in [3.63, 3.8) is 0 Å². The molecule has 106 valence electrons. The number of methoxy groups -OCH3 is 1. The van der Waals surface area contributed by atoms with E-state index < -0.39 is 0 Å². The Kier molecular flexibility index (Phi) is 3.31. The lowest BCUT2D eigenvalue weighted by molar-refractivity contribution is 0.415. The summed E-state index contributed by atoms with van der Waals surface area (Å²) in [6, 6.07) is 14.2. The van der Waals surface area contributed by atoms with Crippen LogP contribution in [0.5, 0.6) is 5.75 Å². The number of ether oxygens (including phenoxy) is 1. The normalized spacial score (nSPS) is 10.8. The molecule has 0 atom stereocenters. The molecule has 0 unspecified atom stereocenters. The summed E-state index contributed by atoms with van der Waals surface area (Å²) in [7, 11) is 1.53. The van der Waals surface area contributed by atoms with E-state index in [1.165, 1.54) is 11.7 Å². The summed E-state index contributed by atoms with van der Waals surface area (Å²) in [5, 5.41) is 1.91. The molecule has 0 spiro atoms. The van der Waals surface area contributed by atoms with Gasteiger partial charge in [0.25, 0.3) is 5.56 Å². The zero-order valence-corrected chi connectivity index (χ0v) is 12.1. The van der Waals surface area contributed by atoms with Crippen LogP contribution in [0.2, 0.25) is 5.02 Å². The van der Waals surface area contributed by atoms with Gasteiger partial charge < -0.3 is 10.5 Å². The number of nitrogens with zero attached hydrogens (tertiary/aromatic N) is 1. The van der Waals surface area contributed by atoms with Gasteiger partial charge in [-0.15, -0.1) is 0 Å². The van der Waals surface area contributed by atoms with E-state index in [2.05, 4.69) is 0 Å². The summed E-state index contributed by atoms with van der Waals surface area (Å²) in [4.78, 5) is 12.6. The third-order valence-electron chi connectivity index (χ3n) is 3.35. The number of aromatic nitrogens is 1. The first-order chi connectivity index (χ1) is 10.1. The average Bonchev–Trinajstić information content (AvgIpc) is 2.49. The lowest BCUT2D eigenvalue weighted by Crippen LogP contribution is -2.21. The average molecular weight is 301 g/mol. The Morgan fingerprint density at radius 3 is 2.67 bits per heavy atom. The van der Waals surface area contributed by atoms with Gasteiger partial charge in [0.15, 0.2) is 0 Å². The van der Waals surface area contributed by atoms with Crippen LogP contribution < -0.4 is 16.0 Å². The molecule has 2 N–H and O–H groups in total. The maximum Gasteiger partial charge on any atom is 0.264 e. The zero-order valence-electron chi connectivity index (χ0n) is 11.3. The van der Waals surface area contributed by atoms with E-state index in [-0.39, 0.29) is 5.56 Å². The molecule has 0 aliphatic heterocycles. The number of nitrogen functional groups attached to an aromatic ring is 1. The molecule has 0 aliphatic carbocycles. The van der Waals surface area contributed by atoms with E-state index >= 15 is 0 Å². The highest BCUT2D eigenvalue weighted by molar-refractivity contribution is 6.32. The van der Waals surface area contributed by atoms with E-state index in [1.54, 1.807) is 30.3 Å². The SMILES string of the molecule is COc1cc(-n2c(N)cc3ccccc3c2=O)ccc1Cl. The maximum absolute atomic E-state index is 12.6. The van der Waals surface area contributed by atoms with Crippen LogP contribution in [0.1, 0.15) is 0 Å². The van der Waals surface area contributed by atoms with Gasteiger partial charge in [0.2, 0.25) is 0 Å². The third kappa shape index (κ3) is 2.23. The van der Waals surface area contributed by atoms with Crippen LogP contribution in [-0.2, 0) is 0 Å². The van der Waals surface area contributed by atoms with E-state index in [0.717, 1.165) is 5.39 Å². The van der Waals surface area contributed by atoms with Crippen LogP contribution in [0.4, 0.5) is 5.82 Å². The highest BCUT2D eigenvalue weighted by Gasteiger charge is 2.10. The third-order valence-corrected chi connectivity index (χ3v) is 3.66. The van der Waals surface area contributed by atoms with Crippen LogP contribution >= 0.6 is 11.6 Å². The Hall–Kier alpha value is -2.46. The molecule has 0 saturated carbocycles. The standard InChI is InChI=1S/C16H13ClN2O2/c1-21-14-9-11(6-7-13(14)17)19-15(18)8-10-4-2-3-5-12(10)16(19)20/h2-9H,18H2,1H3. The number of benzene rings is 2. The fourth-order valence-electron chi connectivity index (χ4n) is 2.33. The predicted molar refractivity (Wildman–Crippen MR) is 85.5 cm³/mol. The lowest BCUT2D eigenvalue weighted by atomic mass is 10.1. The van der Waals surface area contributed by atoms with Crippen LogP contribution in [0, 0.1) is 0 Å². The van der Waals surface area contributed by atoms with Crippen LogP contribution in [0.25, 0.3) is 16.5 Å². The Bertz CT molecular complexity index is 887. The van der Waals surface area contributed by atoms with Gasteiger partial charge in [0, 0.05) is 11.5 Å². The van der Waals surface area contributed by atoms with E-state index in [0.29, 0.717) is 27.7 Å². The topological polar surface area (TPSA) is 57.2 Å². The van der Waals surface area contributed by atoms with Crippen molar-refractivity contribution in [3.8, 4) is 11.4 Å². The number of pyridine rings is 1. The van der Waals surface area contributed by atoms with Crippen molar-refractivity contribution in [1.29, 1.82) is 0 Å². The molecule has 3 aromatic rings. The molecule has 2 aromatic carbocycles. The molecule has 0 amide bonds. The van der Waals surface area contributed by atoms with Gasteiger partial charge >= 0.3 is 0 Å². The molecule has 0 bridgehead atoms. The minimum atomic E-state index is -0.171. The Balaban J connectivity index is 2.32. The number of anilines is 1. The van der Waals surface area contributed by atoms with Gasteiger partial charge in [-0.1, -0.05) is 29.8 Å². The van der Waals surface area contributed by atoms with Gasteiger partial charge in [0.1, 0.15) is 11.6 Å². The zero-order chi connectivity index (χ0) is 15.0. The Labute approximate surface area is 126 Å². The van der Waals surface area contributed by atoms with Crippen LogP contribution in [0.3, 0.4) is 0 Å². The smallest absolute Gasteiger partial charge is 0.264 e. The van der Waals surface area contributed by atoms with Gasteiger partial charge in [-0.25, -0.2) is 0 Å². The summed E-state index contributed by atoms with van der Waals surface area (Å²) in [5.41, 5.74) is 6.48. The summed E-state index contributed by atoms with van der Waals surface area (Å²) in [6.45, 7) is 0. The number of hydrogen-bond acceptors (Lipinski definition) is 3. The van der Waals surface area contributed by atoms with Crippen molar-refractivity contribution < 1.29 is 4.74 Å². The molecule has 0 radical (unpaired) electrons. The predicted octanol–water partition coefficient (Wildman–Crippen LogP) is 3.23. The van der Waals surface area contributed by atoms with Gasteiger partial charge in [-0.2, -0.15) is 0 Å². The summed E-state index contributed by atoms with van der Waals surface area (Å²) in [5.74, 6) is 0.858. The summed E-state index contributed by atoms with van der Waals surface area (Å²) >= 11 is 6.01. The van der Waals surface area contributed by atoms with E-state index in [4.69, 9.17) is 22.1 Å². The number of halogens is 1. The molecule has 21 heavy (non-hydrogen) atoms. The second kappa shape index (κ2) is 5.14.